The molecule has 0 aromatic heterocycles. The Morgan fingerprint density at radius 3 is 2.35 bits per heavy atom. The van der Waals surface area contributed by atoms with Crippen molar-refractivity contribution in [3.8, 4) is 0 Å². The van der Waals surface area contributed by atoms with Crippen LogP contribution in [0.2, 0.25) is 5.02 Å². The number of rotatable bonds is 10. The van der Waals surface area contributed by atoms with E-state index in [1.165, 1.54) is 4.90 Å². The maximum atomic E-state index is 13.8. The van der Waals surface area contributed by atoms with Gasteiger partial charge < -0.3 is 10.2 Å². The van der Waals surface area contributed by atoms with Crippen LogP contribution in [0.1, 0.15) is 62.1 Å². The zero-order valence-electron chi connectivity index (χ0n) is 22.8. The molecule has 1 aliphatic rings. The number of sulfonamides is 1. The Labute approximate surface area is 238 Å². The first kappa shape index (κ1) is 31.7. The van der Waals surface area contributed by atoms with Crippen LogP contribution in [0.25, 0.3) is 0 Å². The quantitative estimate of drug-likeness (QED) is 0.379. The van der Waals surface area contributed by atoms with Crippen LogP contribution in [-0.4, -0.2) is 50.0 Å². The molecular formula is C28H35ClF3N3O4S. The number of hydrogen-bond donors (Lipinski definition) is 1. The Bertz CT molecular complexity index is 1310. The Morgan fingerprint density at radius 1 is 1.10 bits per heavy atom. The lowest BCUT2D eigenvalue weighted by molar-refractivity contribution is -0.140. The summed E-state index contributed by atoms with van der Waals surface area (Å²) in [4.78, 5) is 28.6. The fourth-order valence-electron chi connectivity index (χ4n) is 4.95. The fourth-order valence-corrected chi connectivity index (χ4v) is 6.07. The molecule has 0 saturated heterocycles. The molecular weight excluding hydrogens is 567 g/mol. The van der Waals surface area contributed by atoms with Crippen molar-refractivity contribution in [3.05, 3.63) is 64.2 Å². The molecule has 1 saturated carbocycles. The highest BCUT2D eigenvalue weighted by molar-refractivity contribution is 7.92. The SMILES string of the molecule is CC[C@@H](C(=O)NC1CCCCC1)N(Cc1cccc(C)c1)C(=O)CN(c1cc(C(F)(F)F)ccc1Cl)S(C)(=O)=O. The van der Waals surface area contributed by atoms with Gasteiger partial charge >= 0.3 is 6.18 Å². The summed E-state index contributed by atoms with van der Waals surface area (Å²) >= 11 is 6.14. The minimum absolute atomic E-state index is 0.00499. The average molecular weight is 602 g/mol. The molecule has 0 radical (unpaired) electrons. The molecule has 3 rings (SSSR count). The monoisotopic (exact) mass is 601 g/mol. The molecule has 1 aliphatic carbocycles. The van der Waals surface area contributed by atoms with Crippen molar-refractivity contribution in [1.29, 1.82) is 0 Å². The molecule has 1 atom stereocenters. The highest BCUT2D eigenvalue weighted by Gasteiger charge is 2.35. The normalized spacial score (nSPS) is 15.4. The third-order valence-electron chi connectivity index (χ3n) is 6.99. The molecule has 2 amide bonds. The molecule has 1 N–H and O–H groups in total. The number of alkyl halides is 3. The summed E-state index contributed by atoms with van der Waals surface area (Å²) < 4.78 is 66.4. The van der Waals surface area contributed by atoms with E-state index in [2.05, 4.69) is 5.32 Å². The van der Waals surface area contributed by atoms with Crippen LogP contribution in [0.15, 0.2) is 42.5 Å². The van der Waals surface area contributed by atoms with Crippen molar-refractivity contribution in [2.45, 2.75) is 77.2 Å². The van der Waals surface area contributed by atoms with Crippen molar-refractivity contribution < 1.29 is 31.2 Å². The van der Waals surface area contributed by atoms with Crippen LogP contribution in [0.3, 0.4) is 0 Å². The van der Waals surface area contributed by atoms with Gasteiger partial charge in [0.2, 0.25) is 21.8 Å². The summed E-state index contributed by atoms with van der Waals surface area (Å²) in [7, 11) is -4.25. The third kappa shape index (κ3) is 8.36. The van der Waals surface area contributed by atoms with Crippen LogP contribution >= 0.6 is 11.6 Å². The fraction of sp³-hybridized carbons (Fsp3) is 0.500. The number of anilines is 1. The lowest BCUT2D eigenvalue weighted by Crippen LogP contribution is -2.54. The average Bonchev–Trinajstić information content (AvgIpc) is 2.87. The van der Waals surface area contributed by atoms with E-state index in [1.54, 1.807) is 13.0 Å². The summed E-state index contributed by atoms with van der Waals surface area (Å²) in [6.07, 6.45) is 1.04. The number of nitrogens with zero attached hydrogens (tertiary/aromatic N) is 2. The number of aryl methyl sites for hydroxylation is 1. The van der Waals surface area contributed by atoms with Gasteiger partial charge in [0.05, 0.1) is 22.5 Å². The van der Waals surface area contributed by atoms with E-state index in [9.17, 15) is 31.2 Å². The summed E-state index contributed by atoms with van der Waals surface area (Å²) in [6.45, 7) is 2.80. The summed E-state index contributed by atoms with van der Waals surface area (Å²) in [5.74, 6) is -1.09. The van der Waals surface area contributed by atoms with E-state index >= 15 is 0 Å². The van der Waals surface area contributed by atoms with Gasteiger partial charge in [0.25, 0.3) is 0 Å². The number of amides is 2. The molecule has 0 heterocycles. The molecule has 0 aliphatic heterocycles. The highest BCUT2D eigenvalue weighted by Crippen LogP contribution is 2.36. The van der Waals surface area contributed by atoms with Crippen molar-refractivity contribution in [2.75, 3.05) is 17.1 Å². The molecule has 0 bridgehead atoms. The molecule has 7 nitrogen and oxygen atoms in total. The van der Waals surface area contributed by atoms with E-state index in [1.807, 2.05) is 25.1 Å². The highest BCUT2D eigenvalue weighted by atomic mass is 35.5. The van der Waals surface area contributed by atoms with Crippen LogP contribution in [-0.2, 0) is 32.3 Å². The maximum Gasteiger partial charge on any atom is 0.416 e. The van der Waals surface area contributed by atoms with E-state index in [-0.39, 0.29) is 29.9 Å². The van der Waals surface area contributed by atoms with Crippen molar-refractivity contribution in [1.82, 2.24) is 10.2 Å². The van der Waals surface area contributed by atoms with E-state index in [4.69, 9.17) is 11.6 Å². The van der Waals surface area contributed by atoms with Crippen LogP contribution in [0.5, 0.6) is 0 Å². The molecule has 1 fully saturated rings. The minimum atomic E-state index is -4.76. The van der Waals surface area contributed by atoms with Crippen molar-refractivity contribution in [2.24, 2.45) is 0 Å². The predicted octanol–water partition coefficient (Wildman–Crippen LogP) is 5.69. The van der Waals surface area contributed by atoms with E-state index in [0.717, 1.165) is 61.6 Å². The second-order valence-corrected chi connectivity index (χ2v) is 12.5. The van der Waals surface area contributed by atoms with Crippen LogP contribution in [0.4, 0.5) is 18.9 Å². The van der Waals surface area contributed by atoms with Gasteiger partial charge in [-0.2, -0.15) is 13.2 Å². The number of hydrogen-bond acceptors (Lipinski definition) is 4. The van der Waals surface area contributed by atoms with Crippen molar-refractivity contribution >= 4 is 39.1 Å². The van der Waals surface area contributed by atoms with E-state index in [0.29, 0.717) is 10.4 Å². The molecule has 2 aromatic rings. The minimum Gasteiger partial charge on any atom is -0.352 e. The van der Waals surface area contributed by atoms with Crippen LogP contribution in [0, 0.1) is 6.92 Å². The Hall–Kier alpha value is -2.79. The third-order valence-corrected chi connectivity index (χ3v) is 8.44. The first-order chi connectivity index (χ1) is 18.7. The van der Waals surface area contributed by atoms with E-state index < -0.39 is 45.9 Å². The number of halogens is 4. The summed E-state index contributed by atoms with van der Waals surface area (Å²) in [5.41, 5.74) is 0.0730. The summed E-state index contributed by atoms with van der Waals surface area (Å²) in [6, 6.07) is 8.68. The van der Waals surface area contributed by atoms with Gasteiger partial charge in [-0.3, -0.25) is 13.9 Å². The molecule has 12 heteroatoms. The zero-order valence-corrected chi connectivity index (χ0v) is 24.4. The second kappa shape index (κ2) is 13.2. The summed E-state index contributed by atoms with van der Waals surface area (Å²) in [5, 5.41) is 2.77. The Morgan fingerprint density at radius 2 is 1.77 bits per heavy atom. The molecule has 220 valence electrons. The topological polar surface area (TPSA) is 86.8 Å². The van der Waals surface area contributed by atoms with Gasteiger partial charge in [0.15, 0.2) is 0 Å². The van der Waals surface area contributed by atoms with Crippen molar-refractivity contribution in [3.63, 3.8) is 0 Å². The largest absolute Gasteiger partial charge is 0.416 e. The number of carbonyl (C=O) groups is 2. The number of carbonyl (C=O) groups excluding carboxylic acids is 2. The Balaban J connectivity index is 1.99. The first-order valence-corrected chi connectivity index (χ1v) is 15.4. The van der Waals surface area contributed by atoms with Crippen LogP contribution < -0.4 is 9.62 Å². The van der Waals surface area contributed by atoms with Gasteiger partial charge in [-0.25, -0.2) is 8.42 Å². The van der Waals surface area contributed by atoms with Gasteiger partial charge in [0, 0.05) is 12.6 Å². The van der Waals surface area contributed by atoms with Gasteiger partial charge in [-0.15, -0.1) is 0 Å². The molecule has 2 aromatic carbocycles. The Kier molecular flexibility index (Phi) is 10.5. The lowest BCUT2D eigenvalue weighted by atomic mass is 9.95. The first-order valence-electron chi connectivity index (χ1n) is 13.2. The zero-order chi connectivity index (χ0) is 29.7. The van der Waals surface area contributed by atoms with Gasteiger partial charge in [-0.05, 0) is 49.9 Å². The van der Waals surface area contributed by atoms with Gasteiger partial charge in [0.1, 0.15) is 12.6 Å². The molecule has 0 spiro atoms. The lowest BCUT2D eigenvalue weighted by Gasteiger charge is -2.34. The van der Waals surface area contributed by atoms with Gasteiger partial charge in [-0.1, -0.05) is 67.6 Å². The standard InChI is InChI=1S/C28H35ClF3N3O4S/c1-4-24(27(37)33-22-11-6-5-7-12-22)34(17-20-10-8-9-19(2)15-20)26(36)18-35(40(3,38)39)25-16-21(28(30,31)32)13-14-23(25)29/h8-10,13-16,22,24H,4-7,11-12,17-18H2,1-3H3,(H,33,37)/t24-/m0/s1. The second-order valence-electron chi connectivity index (χ2n) is 10.2. The number of benzene rings is 2. The molecule has 40 heavy (non-hydrogen) atoms. The maximum absolute atomic E-state index is 13.8. The molecule has 0 unspecified atom stereocenters. The predicted molar refractivity (Wildman–Crippen MR) is 149 cm³/mol. The smallest absolute Gasteiger partial charge is 0.352 e. The number of nitrogens with one attached hydrogen (secondary N) is 1.